The van der Waals surface area contributed by atoms with E-state index >= 15 is 0 Å². The highest BCUT2D eigenvalue weighted by Gasteiger charge is 2.23. The van der Waals surface area contributed by atoms with Crippen molar-refractivity contribution in [2.24, 2.45) is 0 Å². The molecule has 1 aromatic heterocycles. The Labute approximate surface area is 166 Å². The lowest BCUT2D eigenvalue weighted by molar-refractivity contribution is 0.0946. The highest BCUT2D eigenvalue weighted by Crippen LogP contribution is 2.23. The number of benzene rings is 1. The highest BCUT2D eigenvalue weighted by molar-refractivity contribution is 5.91. The van der Waals surface area contributed by atoms with Gasteiger partial charge in [-0.3, -0.25) is 9.69 Å². The van der Waals surface area contributed by atoms with Crippen LogP contribution in [0.3, 0.4) is 0 Å². The summed E-state index contributed by atoms with van der Waals surface area (Å²) in [6, 6.07) is 8.89. The van der Waals surface area contributed by atoms with E-state index in [-0.39, 0.29) is 18.6 Å². The minimum Gasteiger partial charge on any atom is -0.396 e. The van der Waals surface area contributed by atoms with Crippen LogP contribution in [-0.4, -0.2) is 71.2 Å². The van der Waals surface area contributed by atoms with Crippen LogP contribution in [0.5, 0.6) is 0 Å². The van der Waals surface area contributed by atoms with Crippen molar-refractivity contribution in [2.75, 3.05) is 45.2 Å². The van der Waals surface area contributed by atoms with Gasteiger partial charge in [-0.1, -0.05) is 17.3 Å². The van der Waals surface area contributed by atoms with Crippen LogP contribution in [0, 0.1) is 0 Å². The monoisotopic (exact) mass is 386 g/mol. The average Bonchev–Trinajstić information content (AvgIpc) is 3.19. The molecule has 1 amide bonds. The lowest BCUT2D eigenvalue weighted by Crippen LogP contribution is -2.36. The Hall–Kier alpha value is -2.45. The molecule has 3 rings (SSSR count). The number of piperidine rings is 1. The standard InChI is InChI=1S/C20H30N6O2/c1-24(2)17-8-6-16(7-9-17)13-25-11-3-5-18(14-25)26-15-19(22-23-26)20(28)21-10-4-12-27/h6-9,15,18,27H,3-5,10-14H2,1-2H3,(H,21,28). The van der Waals surface area contributed by atoms with E-state index in [1.807, 2.05) is 18.8 Å². The van der Waals surface area contributed by atoms with E-state index in [1.54, 1.807) is 6.20 Å². The van der Waals surface area contributed by atoms with Crippen LogP contribution in [0.15, 0.2) is 30.5 Å². The first-order valence-electron chi connectivity index (χ1n) is 9.86. The van der Waals surface area contributed by atoms with Crippen LogP contribution in [0.2, 0.25) is 0 Å². The Balaban J connectivity index is 1.56. The van der Waals surface area contributed by atoms with Gasteiger partial charge in [-0.05, 0) is 43.5 Å². The van der Waals surface area contributed by atoms with Gasteiger partial charge >= 0.3 is 0 Å². The number of nitrogens with one attached hydrogen (secondary N) is 1. The first-order chi connectivity index (χ1) is 13.6. The molecule has 152 valence electrons. The van der Waals surface area contributed by atoms with E-state index in [0.717, 1.165) is 32.5 Å². The molecule has 0 spiro atoms. The molecule has 0 aliphatic carbocycles. The minimum absolute atomic E-state index is 0.0583. The number of aromatic nitrogens is 3. The molecule has 28 heavy (non-hydrogen) atoms. The molecule has 1 aromatic carbocycles. The summed E-state index contributed by atoms with van der Waals surface area (Å²) in [7, 11) is 4.09. The topological polar surface area (TPSA) is 86.5 Å². The number of rotatable bonds is 8. The summed E-state index contributed by atoms with van der Waals surface area (Å²) in [5.74, 6) is -0.242. The zero-order chi connectivity index (χ0) is 19.9. The minimum atomic E-state index is -0.242. The maximum absolute atomic E-state index is 12.1. The third kappa shape index (κ3) is 5.30. The fourth-order valence-corrected chi connectivity index (χ4v) is 3.48. The second kappa shape index (κ2) is 9.66. The lowest BCUT2D eigenvalue weighted by atomic mass is 10.0. The molecule has 1 atom stereocenters. The summed E-state index contributed by atoms with van der Waals surface area (Å²) >= 11 is 0. The molecule has 1 aliphatic rings. The molecule has 2 heterocycles. The Morgan fingerprint density at radius 1 is 1.32 bits per heavy atom. The molecule has 2 N–H and O–H groups in total. The molecule has 8 nitrogen and oxygen atoms in total. The molecule has 1 fully saturated rings. The van der Waals surface area contributed by atoms with Crippen molar-refractivity contribution < 1.29 is 9.90 Å². The van der Waals surface area contributed by atoms with Gasteiger partial charge in [0.05, 0.1) is 12.2 Å². The third-order valence-corrected chi connectivity index (χ3v) is 5.08. The molecule has 0 saturated carbocycles. The number of carbonyl (C=O) groups excluding carboxylic acids is 1. The normalized spacial score (nSPS) is 17.5. The summed E-state index contributed by atoms with van der Waals surface area (Å²) < 4.78 is 1.82. The number of carbonyl (C=O) groups is 1. The van der Waals surface area contributed by atoms with Crippen LogP contribution >= 0.6 is 0 Å². The zero-order valence-corrected chi connectivity index (χ0v) is 16.7. The SMILES string of the molecule is CN(C)c1ccc(CN2CCCC(n3cc(C(=O)NCCCO)nn3)C2)cc1. The smallest absolute Gasteiger partial charge is 0.273 e. The average molecular weight is 387 g/mol. The van der Waals surface area contributed by atoms with Gasteiger partial charge in [0.1, 0.15) is 0 Å². The van der Waals surface area contributed by atoms with E-state index in [0.29, 0.717) is 18.7 Å². The molecule has 2 aromatic rings. The summed E-state index contributed by atoms with van der Waals surface area (Å²) in [5.41, 5.74) is 2.83. The van der Waals surface area contributed by atoms with E-state index in [2.05, 4.69) is 49.7 Å². The van der Waals surface area contributed by atoms with Crippen molar-refractivity contribution in [3.63, 3.8) is 0 Å². The molecule has 0 radical (unpaired) electrons. The first-order valence-corrected chi connectivity index (χ1v) is 9.86. The van der Waals surface area contributed by atoms with Gasteiger partial charge in [0.2, 0.25) is 0 Å². The molecule has 1 unspecified atom stereocenters. The number of anilines is 1. The number of amides is 1. The zero-order valence-electron chi connectivity index (χ0n) is 16.7. The van der Waals surface area contributed by atoms with Crippen molar-refractivity contribution in [1.29, 1.82) is 0 Å². The maximum atomic E-state index is 12.1. The molecule has 8 heteroatoms. The van der Waals surface area contributed by atoms with Crippen molar-refractivity contribution in [2.45, 2.75) is 31.8 Å². The Bertz CT molecular complexity index is 758. The molecule has 1 aliphatic heterocycles. The van der Waals surface area contributed by atoms with Gasteiger partial charge in [0.15, 0.2) is 5.69 Å². The van der Waals surface area contributed by atoms with Gasteiger partial charge in [-0.15, -0.1) is 5.10 Å². The lowest BCUT2D eigenvalue weighted by Gasteiger charge is -2.32. The Morgan fingerprint density at radius 2 is 2.11 bits per heavy atom. The number of nitrogens with zero attached hydrogens (tertiary/aromatic N) is 5. The summed E-state index contributed by atoms with van der Waals surface area (Å²) in [5, 5.41) is 19.7. The summed E-state index contributed by atoms with van der Waals surface area (Å²) in [6.07, 6.45) is 4.39. The van der Waals surface area contributed by atoms with E-state index < -0.39 is 0 Å². The number of hydrogen-bond donors (Lipinski definition) is 2. The molecule has 0 bridgehead atoms. The van der Waals surface area contributed by atoms with Crippen LogP contribution in [0.25, 0.3) is 0 Å². The largest absolute Gasteiger partial charge is 0.396 e. The van der Waals surface area contributed by atoms with Crippen molar-refractivity contribution >= 4 is 11.6 Å². The predicted octanol–water partition coefficient (Wildman–Crippen LogP) is 1.29. The summed E-state index contributed by atoms with van der Waals surface area (Å²) in [6.45, 7) is 3.36. The van der Waals surface area contributed by atoms with Gasteiger partial charge in [0.25, 0.3) is 5.91 Å². The quantitative estimate of drug-likeness (QED) is 0.665. The molecular formula is C20H30N6O2. The van der Waals surface area contributed by atoms with Crippen LogP contribution in [0.4, 0.5) is 5.69 Å². The fraction of sp³-hybridized carbons (Fsp3) is 0.550. The molecular weight excluding hydrogens is 356 g/mol. The van der Waals surface area contributed by atoms with Crippen molar-refractivity contribution in [3.05, 3.63) is 41.7 Å². The number of aliphatic hydroxyl groups is 1. The van der Waals surface area contributed by atoms with E-state index in [4.69, 9.17) is 5.11 Å². The van der Waals surface area contributed by atoms with E-state index in [1.165, 1.54) is 11.3 Å². The van der Waals surface area contributed by atoms with Gasteiger partial charge < -0.3 is 15.3 Å². The Kier molecular flexibility index (Phi) is 7.00. The molecule has 1 saturated heterocycles. The first kappa shape index (κ1) is 20.3. The van der Waals surface area contributed by atoms with E-state index in [9.17, 15) is 4.79 Å². The van der Waals surface area contributed by atoms with Gasteiger partial charge in [-0.2, -0.15) is 0 Å². The van der Waals surface area contributed by atoms with Gasteiger partial charge in [-0.25, -0.2) is 4.68 Å². The van der Waals surface area contributed by atoms with Crippen molar-refractivity contribution in [1.82, 2.24) is 25.2 Å². The van der Waals surface area contributed by atoms with Crippen molar-refractivity contribution in [3.8, 4) is 0 Å². The predicted molar refractivity (Wildman–Crippen MR) is 108 cm³/mol. The Morgan fingerprint density at radius 3 is 2.82 bits per heavy atom. The van der Waals surface area contributed by atoms with Gasteiger partial charge in [0, 0.05) is 46.0 Å². The number of hydrogen-bond acceptors (Lipinski definition) is 6. The highest BCUT2D eigenvalue weighted by atomic mass is 16.3. The number of aliphatic hydroxyl groups excluding tert-OH is 1. The number of likely N-dealkylation sites (tertiary alicyclic amines) is 1. The second-order valence-corrected chi connectivity index (χ2v) is 7.51. The van der Waals surface area contributed by atoms with Crippen LogP contribution < -0.4 is 10.2 Å². The third-order valence-electron chi connectivity index (χ3n) is 5.08. The van der Waals surface area contributed by atoms with Crippen LogP contribution in [0.1, 0.15) is 41.4 Å². The fourth-order valence-electron chi connectivity index (χ4n) is 3.48. The summed E-state index contributed by atoms with van der Waals surface area (Å²) in [4.78, 5) is 16.6. The second-order valence-electron chi connectivity index (χ2n) is 7.51. The maximum Gasteiger partial charge on any atom is 0.273 e. The van der Waals surface area contributed by atoms with Crippen LogP contribution in [-0.2, 0) is 6.54 Å².